The van der Waals surface area contributed by atoms with Crippen LogP contribution in [0.2, 0.25) is 0 Å². The molecule has 0 amide bonds. The molecular weight excluding hydrogens is 186 g/mol. The number of benzene rings is 1. The molecule has 2 aliphatic heterocycles. The van der Waals surface area contributed by atoms with Gasteiger partial charge in [0.2, 0.25) is 0 Å². The van der Waals surface area contributed by atoms with Crippen LogP contribution in [0.3, 0.4) is 0 Å². The highest BCUT2D eigenvalue weighted by molar-refractivity contribution is 5.35. The first-order valence-electron chi connectivity index (χ1n) is 5.76. The van der Waals surface area contributed by atoms with Crippen molar-refractivity contribution in [1.82, 2.24) is 5.32 Å². The van der Waals surface area contributed by atoms with E-state index in [4.69, 9.17) is 4.74 Å². The molecule has 82 valence electrons. The second kappa shape index (κ2) is 3.62. The minimum Gasteiger partial charge on any atom is -0.373 e. The third-order valence-corrected chi connectivity index (χ3v) is 3.52. The summed E-state index contributed by atoms with van der Waals surface area (Å²) in [6, 6.07) is 6.78. The molecule has 0 radical (unpaired) electrons. The van der Waals surface area contributed by atoms with Crippen molar-refractivity contribution in [2.45, 2.75) is 19.4 Å². The zero-order chi connectivity index (χ0) is 10.3. The van der Waals surface area contributed by atoms with Crippen molar-refractivity contribution in [2.24, 2.45) is 5.92 Å². The summed E-state index contributed by atoms with van der Waals surface area (Å²) in [5, 5.41) is 3.32. The van der Waals surface area contributed by atoms with Gasteiger partial charge in [-0.15, -0.1) is 0 Å². The summed E-state index contributed by atoms with van der Waals surface area (Å²) in [5.41, 5.74) is 4.27. The molecule has 3 rings (SSSR count). The lowest BCUT2D eigenvalue weighted by Gasteiger charge is -2.38. The Labute approximate surface area is 92.1 Å². The summed E-state index contributed by atoms with van der Waals surface area (Å²) in [6.45, 7) is 5.26. The second-order valence-corrected chi connectivity index (χ2v) is 4.66. The number of nitrogens with one attached hydrogen (secondary N) is 1. The highest BCUT2D eigenvalue weighted by Crippen LogP contribution is 2.35. The van der Waals surface area contributed by atoms with E-state index in [9.17, 15) is 0 Å². The Bertz CT molecular complexity index is 376. The van der Waals surface area contributed by atoms with Gasteiger partial charge in [-0.1, -0.05) is 23.8 Å². The average Bonchev–Trinajstić information content (AvgIpc) is 2.16. The fraction of sp³-hybridized carbons (Fsp3) is 0.538. The predicted molar refractivity (Wildman–Crippen MR) is 62.0 cm³/mol. The average molecular weight is 205 g/mol. The molecular formula is C13H19NO. The Morgan fingerprint density at radius 3 is 3.00 bits per heavy atom. The molecule has 1 N–H and O–H groups in total. The molecule has 0 bridgehead atoms. The van der Waals surface area contributed by atoms with Gasteiger partial charge in [0, 0.05) is 20.4 Å². The first-order chi connectivity index (χ1) is 7.34. The Kier molecular flexibility index (Phi) is 2.26. The largest absolute Gasteiger partial charge is 0.373 e. The van der Waals surface area contributed by atoms with Crippen molar-refractivity contribution < 1.29 is 6.16 Å². The van der Waals surface area contributed by atoms with Crippen LogP contribution in [0.15, 0.2) is 18.2 Å². The lowest BCUT2D eigenvalue weighted by atomic mass is 9.85. The van der Waals surface area contributed by atoms with Gasteiger partial charge < -0.3 is 10.1 Å². The molecule has 0 saturated carbocycles. The van der Waals surface area contributed by atoms with E-state index in [-0.39, 0.29) is 1.43 Å². The fourth-order valence-electron chi connectivity index (χ4n) is 2.51. The van der Waals surface area contributed by atoms with Gasteiger partial charge in [0.25, 0.3) is 0 Å². The van der Waals surface area contributed by atoms with Crippen molar-refractivity contribution in [3.8, 4) is 0 Å². The molecule has 2 nitrogen and oxygen atoms in total. The summed E-state index contributed by atoms with van der Waals surface area (Å²) in [6.07, 6.45) is 1.42. The van der Waals surface area contributed by atoms with Gasteiger partial charge in [0.15, 0.2) is 0 Å². The normalized spacial score (nSPS) is 25.8. The van der Waals surface area contributed by atoms with E-state index in [0.717, 1.165) is 26.1 Å². The van der Waals surface area contributed by atoms with Crippen LogP contribution in [0, 0.1) is 12.8 Å². The van der Waals surface area contributed by atoms with E-state index in [1.807, 2.05) is 0 Å². The van der Waals surface area contributed by atoms with Crippen LogP contribution in [0.4, 0.5) is 0 Å². The highest BCUT2D eigenvalue weighted by atomic mass is 16.5. The molecule has 0 aromatic heterocycles. The van der Waals surface area contributed by atoms with E-state index in [2.05, 4.69) is 30.4 Å². The van der Waals surface area contributed by atoms with E-state index in [1.165, 1.54) is 16.7 Å². The minimum atomic E-state index is 0. The predicted octanol–water partition coefficient (Wildman–Crippen LogP) is 2.07. The Balaban J connectivity index is 0.000000963. The van der Waals surface area contributed by atoms with Crippen LogP contribution < -0.4 is 5.32 Å². The van der Waals surface area contributed by atoms with Crippen LogP contribution in [0.1, 0.15) is 24.2 Å². The molecule has 0 aliphatic carbocycles. The summed E-state index contributed by atoms with van der Waals surface area (Å²) < 4.78 is 5.92. The van der Waals surface area contributed by atoms with E-state index in [1.54, 1.807) is 0 Å². The summed E-state index contributed by atoms with van der Waals surface area (Å²) in [5.74, 6) is 0.686. The van der Waals surface area contributed by atoms with Crippen molar-refractivity contribution in [2.75, 3.05) is 19.7 Å². The maximum atomic E-state index is 5.92. The molecule has 0 spiro atoms. The molecule has 2 heterocycles. The van der Waals surface area contributed by atoms with Gasteiger partial charge in [0.05, 0.1) is 12.7 Å². The Morgan fingerprint density at radius 2 is 2.27 bits per heavy atom. The number of aryl methyl sites for hydroxylation is 1. The summed E-state index contributed by atoms with van der Waals surface area (Å²) >= 11 is 0. The molecule has 2 aliphatic rings. The van der Waals surface area contributed by atoms with E-state index in [0.29, 0.717) is 12.0 Å². The Hall–Kier alpha value is -0.860. The third-order valence-electron chi connectivity index (χ3n) is 3.52. The van der Waals surface area contributed by atoms with Crippen LogP contribution in [0.5, 0.6) is 0 Å². The first-order valence-corrected chi connectivity index (χ1v) is 5.76. The van der Waals surface area contributed by atoms with Gasteiger partial charge in [0.1, 0.15) is 0 Å². The van der Waals surface area contributed by atoms with E-state index < -0.39 is 0 Å². The van der Waals surface area contributed by atoms with Crippen molar-refractivity contribution >= 4 is 0 Å². The smallest absolute Gasteiger partial charge is 0.0880 e. The third kappa shape index (κ3) is 1.58. The maximum absolute atomic E-state index is 5.92. The van der Waals surface area contributed by atoms with Crippen molar-refractivity contribution in [3.63, 3.8) is 0 Å². The maximum Gasteiger partial charge on any atom is 0.0880 e. The van der Waals surface area contributed by atoms with Crippen LogP contribution in [-0.4, -0.2) is 19.7 Å². The lowest BCUT2D eigenvalue weighted by molar-refractivity contribution is -0.0151. The standard InChI is InChI=1S/C13H17NO.H2/c1-9-2-3-10-4-5-15-13(12(10)6-9)11-7-14-8-11;/h2-3,6,11,13-14H,4-5,7-8H2,1H3;1H/t13-;/m1./s1. The summed E-state index contributed by atoms with van der Waals surface area (Å²) in [7, 11) is 0. The highest BCUT2D eigenvalue weighted by Gasteiger charge is 2.32. The quantitative estimate of drug-likeness (QED) is 0.758. The van der Waals surface area contributed by atoms with Crippen LogP contribution in [-0.2, 0) is 11.2 Å². The van der Waals surface area contributed by atoms with Crippen molar-refractivity contribution in [1.29, 1.82) is 0 Å². The number of rotatable bonds is 1. The van der Waals surface area contributed by atoms with Gasteiger partial charge in [-0.25, -0.2) is 0 Å². The number of ether oxygens (including phenoxy) is 1. The fourth-order valence-corrected chi connectivity index (χ4v) is 2.51. The van der Waals surface area contributed by atoms with Crippen molar-refractivity contribution in [3.05, 3.63) is 34.9 Å². The van der Waals surface area contributed by atoms with Gasteiger partial charge in [-0.3, -0.25) is 0 Å². The molecule has 0 unspecified atom stereocenters. The molecule has 1 atom stereocenters. The molecule has 1 aromatic carbocycles. The molecule has 1 saturated heterocycles. The lowest BCUT2D eigenvalue weighted by Crippen LogP contribution is -2.46. The molecule has 1 aromatic rings. The van der Waals surface area contributed by atoms with Gasteiger partial charge >= 0.3 is 0 Å². The van der Waals surface area contributed by atoms with E-state index >= 15 is 0 Å². The Morgan fingerprint density at radius 1 is 1.40 bits per heavy atom. The van der Waals surface area contributed by atoms with Gasteiger partial charge in [-0.05, 0) is 24.5 Å². The second-order valence-electron chi connectivity index (χ2n) is 4.66. The van der Waals surface area contributed by atoms with Crippen LogP contribution >= 0.6 is 0 Å². The number of hydrogen-bond donors (Lipinski definition) is 1. The minimum absolute atomic E-state index is 0. The van der Waals surface area contributed by atoms with Crippen LogP contribution in [0.25, 0.3) is 0 Å². The topological polar surface area (TPSA) is 21.3 Å². The zero-order valence-corrected chi connectivity index (χ0v) is 9.12. The number of fused-ring (bicyclic) bond motifs is 1. The first kappa shape index (κ1) is 9.37. The molecule has 15 heavy (non-hydrogen) atoms. The van der Waals surface area contributed by atoms with Gasteiger partial charge in [-0.2, -0.15) is 0 Å². The zero-order valence-electron chi connectivity index (χ0n) is 9.12. The molecule has 2 heteroatoms. The number of hydrogen-bond acceptors (Lipinski definition) is 2. The SMILES string of the molecule is Cc1ccc2c(c1)[C@@H](C1CNC1)OCC2.[HH]. The molecule has 1 fully saturated rings. The summed E-state index contributed by atoms with van der Waals surface area (Å²) in [4.78, 5) is 0. The monoisotopic (exact) mass is 205 g/mol.